The number of nitrogens with one attached hydrogen (secondary N) is 1. The Hall–Kier alpha value is -3.68. The fourth-order valence-electron chi connectivity index (χ4n) is 4.91. The third-order valence-corrected chi connectivity index (χ3v) is 6.83. The van der Waals surface area contributed by atoms with Gasteiger partial charge in [-0.05, 0) is 42.8 Å². The lowest BCUT2D eigenvalue weighted by Gasteiger charge is -2.34. The maximum absolute atomic E-state index is 12.8. The number of methoxy groups -OCH3 is 1. The van der Waals surface area contributed by atoms with Gasteiger partial charge in [0.05, 0.1) is 30.3 Å². The Balaban J connectivity index is 1.26. The number of benzene rings is 3. The summed E-state index contributed by atoms with van der Waals surface area (Å²) in [7, 11) is 1.57. The van der Waals surface area contributed by atoms with Gasteiger partial charge >= 0.3 is 0 Å². The number of para-hydroxylation sites is 1. The molecule has 7 nitrogen and oxygen atoms in total. The number of carbonyl (C=O) groups is 1. The molecule has 1 amide bonds. The number of anilines is 1. The first-order valence-electron chi connectivity index (χ1n) is 12.6. The predicted octanol–water partition coefficient (Wildman–Crippen LogP) is 4.63. The summed E-state index contributed by atoms with van der Waals surface area (Å²) in [4.78, 5) is 22.8. The standard InChI is InChI=1S/C29H33N5O2/c1-3-34-26-14-13-23(30-29(35)24-11-7-8-12-27(24)36-2)19-25(26)31-28(34)21-33-17-15-32(16-18-33)20-22-9-5-4-6-10-22/h4-14,19H,3,15-18,20-21H2,1-2H3,(H,30,35). The zero-order valence-electron chi connectivity index (χ0n) is 21.0. The van der Waals surface area contributed by atoms with Crippen LogP contribution >= 0.6 is 0 Å². The van der Waals surface area contributed by atoms with Crippen molar-refractivity contribution in [2.75, 3.05) is 38.6 Å². The van der Waals surface area contributed by atoms with E-state index < -0.39 is 0 Å². The fourth-order valence-corrected chi connectivity index (χ4v) is 4.91. The first-order valence-corrected chi connectivity index (χ1v) is 12.6. The molecule has 0 unspecified atom stereocenters. The number of aromatic nitrogens is 2. The van der Waals surface area contributed by atoms with Gasteiger partial charge in [-0.25, -0.2) is 4.98 Å². The lowest BCUT2D eigenvalue weighted by molar-refractivity contribution is 0.102. The van der Waals surface area contributed by atoms with Crippen molar-refractivity contribution >= 4 is 22.6 Å². The van der Waals surface area contributed by atoms with Crippen LogP contribution in [-0.4, -0.2) is 58.5 Å². The van der Waals surface area contributed by atoms with Crippen molar-refractivity contribution in [3.05, 3.63) is 89.7 Å². The topological polar surface area (TPSA) is 62.6 Å². The number of ether oxygens (including phenoxy) is 1. The molecule has 1 N–H and O–H groups in total. The molecule has 1 aliphatic heterocycles. The van der Waals surface area contributed by atoms with E-state index in [9.17, 15) is 4.79 Å². The van der Waals surface area contributed by atoms with Crippen LogP contribution in [0.4, 0.5) is 5.69 Å². The summed E-state index contributed by atoms with van der Waals surface area (Å²) in [6.45, 7) is 9.00. The maximum Gasteiger partial charge on any atom is 0.259 e. The van der Waals surface area contributed by atoms with Gasteiger partial charge in [-0.15, -0.1) is 0 Å². The number of carbonyl (C=O) groups excluding carboxylic acids is 1. The van der Waals surface area contributed by atoms with E-state index in [4.69, 9.17) is 9.72 Å². The number of hydrogen-bond donors (Lipinski definition) is 1. The zero-order chi connectivity index (χ0) is 24.9. The summed E-state index contributed by atoms with van der Waals surface area (Å²) in [5.41, 5.74) is 4.58. The summed E-state index contributed by atoms with van der Waals surface area (Å²) in [5, 5.41) is 2.99. The van der Waals surface area contributed by atoms with Gasteiger partial charge in [-0.1, -0.05) is 42.5 Å². The van der Waals surface area contributed by atoms with Crippen LogP contribution in [0, 0.1) is 0 Å². The van der Waals surface area contributed by atoms with Crippen molar-refractivity contribution in [1.82, 2.24) is 19.4 Å². The largest absolute Gasteiger partial charge is 0.496 e. The van der Waals surface area contributed by atoms with Gasteiger partial charge in [0.25, 0.3) is 5.91 Å². The third-order valence-electron chi connectivity index (χ3n) is 6.83. The molecule has 0 saturated carbocycles. The summed E-state index contributed by atoms with van der Waals surface area (Å²) < 4.78 is 7.61. The highest BCUT2D eigenvalue weighted by Gasteiger charge is 2.20. The molecule has 1 saturated heterocycles. The lowest BCUT2D eigenvalue weighted by Crippen LogP contribution is -2.45. The minimum absolute atomic E-state index is 0.199. The Bertz CT molecular complexity index is 1330. The van der Waals surface area contributed by atoms with E-state index in [1.165, 1.54) is 5.56 Å². The number of imidazole rings is 1. The summed E-state index contributed by atoms with van der Waals surface area (Å²) in [6, 6.07) is 23.8. The molecule has 3 aromatic carbocycles. The third kappa shape index (κ3) is 5.27. The number of hydrogen-bond acceptors (Lipinski definition) is 5. The number of rotatable bonds is 8. The maximum atomic E-state index is 12.8. The SMILES string of the molecule is CCn1c(CN2CCN(Cc3ccccc3)CC2)nc2cc(NC(=O)c3ccccc3OC)ccc21. The highest BCUT2D eigenvalue weighted by atomic mass is 16.5. The Morgan fingerprint density at radius 1 is 0.917 bits per heavy atom. The second-order valence-electron chi connectivity index (χ2n) is 9.17. The smallest absolute Gasteiger partial charge is 0.259 e. The number of nitrogens with zero attached hydrogens (tertiary/aromatic N) is 4. The van der Waals surface area contributed by atoms with Crippen molar-refractivity contribution in [1.29, 1.82) is 0 Å². The number of amides is 1. The van der Waals surface area contributed by atoms with Crippen LogP contribution in [0.3, 0.4) is 0 Å². The first kappa shape index (κ1) is 24.0. The molecule has 1 aliphatic rings. The Morgan fingerprint density at radius 3 is 2.33 bits per heavy atom. The van der Waals surface area contributed by atoms with Gasteiger partial charge in [-0.3, -0.25) is 14.6 Å². The van der Waals surface area contributed by atoms with Gasteiger partial charge in [-0.2, -0.15) is 0 Å². The predicted molar refractivity (Wildman–Crippen MR) is 143 cm³/mol. The molecule has 36 heavy (non-hydrogen) atoms. The molecule has 1 aromatic heterocycles. The van der Waals surface area contributed by atoms with Gasteiger partial charge in [0.2, 0.25) is 0 Å². The van der Waals surface area contributed by atoms with E-state index >= 15 is 0 Å². The average Bonchev–Trinajstić information content (AvgIpc) is 3.26. The van der Waals surface area contributed by atoms with Gasteiger partial charge in [0.15, 0.2) is 0 Å². The molecule has 0 aliphatic carbocycles. The van der Waals surface area contributed by atoms with Crippen LogP contribution < -0.4 is 10.1 Å². The van der Waals surface area contributed by atoms with Crippen LogP contribution in [0.5, 0.6) is 5.75 Å². The van der Waals surface area contributed by atoms with E-state index in [0.717, 1.165) is 68.4 Å². The van der Waals surface area contributed by atoms with Gasteiger partial charge < -0.3 is 14.6 Å². The number of piperazine rings is 1. The van der Waals surface area contributed by atoms with E-state index in [1.807, 2.05) is 30.3 Å². The minimum Gasteiger partial charge on any atom is -0.496 e. The van der Waals surface area contributed by atoms with E-state index in [1.54, 1.807) is 19.2 Å². The summed E-state index contributed by atoms with van der Waals surface area (Å²) >= 11 is 0. The summed E-state index contributed by atoms with van der Waals surface area (Å²) in [6.07, 6.45) is 0. The molecular formula is C29H33N5O2. The monoisotopic (exact) mass is 483 g/mol. The molecule has 0 atom stereocenters. The molecular weight excluding hydrogens is 450 g/mol. The molecule has 1 fully saturated rings. The van der Waals surface area contributed by atoms with Crippen LogP contribution in [0.25, 0.3) is 11.0 Å². The zero-order valence-corrected chi connectivity index (χ0v) is 21.0. The first-order chi connectivity index (χ1) is 17.6. The average molecular weight is 484 g/mol. The molecule has 0 spiro atoms. The normalized spacial score (nSPS) is 14.7. The van der Waals surface area contributed by atoms with Crippen molar-refractivity contribution < 1.29 is 9.53 Å². The fraction of sp³-hybridized carbons (Fsp3) is 0.310. The highest BCUT2D eigenvalue weighted by molar-refractivity contribution is 6.06. The molecule has 0 bridgehead atoms. The van der Waals surface area contributed by atoms with Crippen LogP contribution in [-0.2, 0) is 19.6 Å². The van der Waals surface area contributed by atoms with Gasteiger partial charge in [0, 0.05) is 45.0 Å². The molecule has 0 radical (unpaired) electrons. The lowest BCUT2D eigenvalue weighted by atomic mass is 10.2. The molecule has 5 rings (SSSR count). The molecule has 2 heterocycles. The summed E-state index contributed by atoms with van der Waals surface area (Å²) in [5.74, 6) is 1.42. The van der Waals surface area contributed by atoms with Gasteiger partial charge in [0.1, 0.15) is 11.6 Å². The van der Waals surface area contributed by atoms with E-state index in [0.29, 0.717) is 11.3 Å². The van der Waals surface area contributed by atoms with E-state index in [2.05, 4.69) is 56.9 Å². The van der Waals surface area contributed by atoms with Crippen molar-refractivity contribution in [2.45, 2.75) is 26.6 Å². The second-order valence-corrected chi connectivity index (χ2v) is 9.17. The van der Waals surface area contributed by atoms with Crippen molar-refractivity contribution in [3.63, 3.8) is 0 Å². The second kappa shape index (κ2) is 10.9. The van der Waals surface area contributed by atoms with E-state index in [-0.39, 0.29) is 5.91 Å². The molecule has 186 valence electrons. The van der Waals surface area contributed by atoms with Crippen molar-refractivity contribution in [2.24, 2.45) is 0 Å². The number of fused-ring (bicyclic) bond motifs is 1. The molecule has 7 heteroatoms. The minimum atomic E-state index is -0.199. The van der Waals surface area contributed by atoms with Crippen LogP contribution in [0.2, 0.25) is 0 Å². The number of aryl methyl sites for hydroxylation is 1. The van der Waals surface area contributed by atoms with Crippen molar-refractivity contribution in [3.8, 4) is 5.75 Å². The Kier molecular flexibility index (Phi) is 7.30. The Morgan fingerprint density at radius 2 is 1.61 bits per heavy atom. The quantitative estimate of drug-likeness (QED) is 0.396. The van der Waals surface area contributed by atoms with Crippen LogP contribution in [0.15, 0.2) is 72.8 Å². The highest BCUT2D eigenvalue weighted by Crippen LogP contribution is 2.24. The Labute approximate surface area is 212 Å². The molecule has 4 aromatic rings. The van der Waals surface area contributed by atoms with Crippen LogP contribution in [0.1, 0.15) is 28.7 Å².